The van der Waals surface area contributed by atoms with Crippen LogP contribution in [0.5, 0.6) is 0 Å². The molecule has 0 unspecified atom stereocenters. The van der Waals surface area contributed by atoms with Crippen LogP contribution in [0.25, 0.3) is 21.8 Å². The van der Waals surface area contributed by atoms with Crippen molar-refractivity contribution in [1.82, 2.24) is 15.2 Å². The highest BCUT2D eigenvalue weighted by Gasteiger charge is 2.09. The van der Waals surface area contributed by atoms with E-state index in [1.807, 2.05) is 31.2 Å². The van der Waals surface area contributed by atoms with Crippen molar-refractivity contribution in [3.63, 3.8) is 0 Å². The molecule has 4 heteroatoms. The number of benzene rings is 1. The summed E-state index contributed by atoms with van der Waals surface area (Å²) >= 11 is 0. The fourth-order valence-electron chi connectivity index (χ4n) is 1.91. The van der Waals surface area contributed by atoms with E-state index in [0.29, 0.717) is 5.52 Å². The van der Waals surface area contributed by atoms with Crippen molar-refractivity contribution in [1.29, 1.82) is 0 Å². The van der Waals surface area contributed by atoms with Gasteiger partial charge in [-0.25, -0.2) is 0 Å². The minimum atomic E-state index is -0.145. The van der Waals surface area contributed by atoms with E-state index < -0.39 is 0 Å². The number of pyridine rings is 1. The second-order valence-electron chi connectivity index (χ2n) is 3.57. The summed E-state index contributed by atoms with van der Waals surface area (Å²) in [6, 6.07) is 7.73. The molecule has 3 rings (SSSR count). The maximum Gasteiger partial charge on any atom is 0.276 e. The normalized spacial score (nSPS) is 11.3. The Hall–Kier alpha value is -2.10. The van der Waals surface area contributed by atoms with Crippen LogP contribution in [0.3, 0.4) is 0 Å². The molecule has 0 saturated heterocycles. The molecule has 3 aromatic rings. The lowest BCUT2D eigenvalue weighted by molar-refractivity contribution is 1.06. The molecule has 2 N–H and O–H groups in total. The van der Waals surface area contributed by atoms with Gasteiger partial charge in [-0.1, -0.05) is 18.2 Å². The van der Waals surface area contributed by atoms with Gasteiger partial charge >= 0.3 is 0 Å². The third-order valence-corrected chi connectivity index (χ3v) is 2.61. The number of aryl methyl sites for hydroxylation is 1. The first-order valence-electron chi connectivity index (χ1n) is 4.73. The summed E-state index contributed by atoms with van der Waals surface area (Å²) in [6.07, 6.45) is 0. The predicted octanol–water partition coefficient (Wildman–Crippen LogP) is 1.71. The fourth-order valence-corrected chi connectivity index (χ4v) is 1.91. The summed E-state index contributed by atoms with van der Waals surface area (Å²) in [5.74, 6) is 0. The zero-order valence-corrected chi connectivity index (χ0v) is 8.16. The van der Waals surface area contributed by atoms with Gasteiger partial charge in [-0.05, 0) is 13.0 Å². The molecule has 0 fully saturated rings. The molecule has 0 bridgehead atoms. The summed E-state index contributed by atoms with van der Waals surface area (Å²) in [5.41, 5.74) is 2.10. The summed E-state index contributed by atoms with van der Waals surface area (Å²) < 4.78 is 0. The molecule has 4 nitrogen and oxygen atoms in total. The average molecular weight is 199 g/mol. The smallest absolute Gasteiger partial charge is 0.276 e. The summed E-state index contributed by atoms with van der Waals surface area (Å²) in [5, 5.41) is 8.78. The molecular weight excluding hydrogens is 190 g/mol. The van der Waals surface area contributed by atoms with Gasteiger partial charge in [0.15, 0.2) is 5.52 Å². The Labute approximate surface area is 84.9 Å². The highest BCUT2D eigenvalue weighted by molar-refractivity contribution is 6.05. The van der Waals surface area contributed by atoms with Crippen LogP contribution in [0.1, 0.15) is 5.69 Å². The number of rotatable bonds is 0. The van der Waals surface area contributed by atoms with Crippen LogP contribution in [0.15, 0.2) is 29.1 Å². The molecule has 0 spiro atoms. The molecule has 0 aliphatic rings. The lowest BCUT2D eigenvalue weighted by atomic mass is 10.1. The highest BCUT2D eigenvalue weighted by atomic mass is 16.1. The van der Waals surface area contributed by atoms with E-state index in [2.05, 4.69) is 15.2 Å². The molecular formula is C11H9N3O. The Bertz CT molecular complexity index is 708. The highest BCUT2D eigenvalue weighted by Crippen LogP contribution is 2.21. The Morgan fingerprint density at radius 3 is 2.93 bits per heavy atom. The van der Waals surface area contributed by atoms with Crippen LogP contribution < -0.4 is 5.56 Å². The number of fused-ring (bicyclic) bond motifs is 3. The molecule has 15 heavy (non-hydrogen) atoms. The minimum Gasteiger partial charge on any atom is -0.320 e. The number of nitrogens with zero attached hydrogens (tertiary/aromatic N) is 1. The van der Waals surface area contributed by atoms with Gasteiger partial charge in [0, 0.05) is 22.0 Å². The zero-order chi connectivity index (χ0) is 10.4. The molecule has 2 heterocycles. The van der Waals surface area contributed by atoms with Crippen molar-refractivity contribution >= 4 is 21.8 Å². The zero-order valence-electron chi connectivity index (χ0n) is 8.16. The van der Waals surface area contributed by atoms with E-state index in [0.717, 1.165) is 22.0 Å². The SMILES string of the molecule is Cc1[nH]nc2c(=O)[nH]c3ccccc3c12. The van der Waals surface area contributed by atoms with E-state index in [1.54, 1.807) is 0 Å². The summed E-state index contributed by atoms with van der Waals surface area (Å²) in [4.78, 5) is 14.5. The molecule has 0 amide bonds. The quantitative estimate of drug-likeness (QED) is 0.579. The van der Waals surface area contributed by atoms with E-state index in [9.17, 15) is 4.79 Å². The Morgan fingerprint density at radius 2 is 2.07 bits per heavy atom. The molecule has 74 valence electrons. The lowest BCUT2D eigenvalue weighted by Gasteiger charge is -1.98. The van der Waals surface area contributed by atoms with Crippen molar-refractivity contribution in [2.24, 2.45) is 0 Å². The number of para-hydroxylation sites is 1. The molecule has 0 radical (unpaired) electrons. The topological polar surface area (TPSA) is 61.5 Å². The number of H-pyrrole nitrogens is 2. The second-order valence-corrected chi connectivity index (χ2v) is 3.57. The van der Waals surface area contributed by atoms with Gasteiger partial charge in [0.25, 0.3) is 5.56 Å². The monoisotopic (exact) mass is 199 g/mol. The molecule has 0 aliphatic heterocycles. The van der Waals surface area contributed by atoms with Crippen molar-refractivity contribution in [3.05, 3.63) is 40.3 Å². The summed E-state index contributed by atoms with van der Waals surface area (Å²) in [7, 11) is 0. The van der Waals surface area contributed by atoms with E-state index in [1.165, 1.54) is 0 Å². The molecule has 0 aliphatic carbocycles. The molecule has 0 atom stereocenters. The van der Waals surface area contributed by atoms with Crippen molar-refractivity contribution in [2.75, 3.05) is 0 Å². The lowest BCUT2D eigenvalue weighted by Crippen LogP contribution is -2.06. The number of nitrogens with one attached hydrogen (secondary N) is 2. The fraction of sp³-hybridized carbons (Fsp3) is 0.0909. The maximum absolute atomic E-state index is 11.7. The number of aromatic amines is 2. The number of hydrogen-bond acceptors (Lipinski definition) is 2. The third kappa shape index (κ3) is 1.01. The maximum atomic E-state index is 11.7. The largest absolute Gasteiger partial charge is 0.320 e. The van der Waals surface area contributed by atoms with Gasteiger partial charge < -0.3 is 4.98 Å². The van der Waals surface area contributed by atoms with Crippen LogP contribution in [0, 0.1) is 6.92 Å². The van der Waals surface area contributed by atoms with Gasteiger partial charge in [-0.15, -0.1) is 0 Å². The molecule has 0 saturated carbocycles. The van der Waals surface area contributed by atoms with Crippen LogP contribution in [-0.2, 0) is 0 Å². The minimum absolute atomic E-state index is 0.145. The van der Waals surface area contributed by atoms with E-state index in [4.69, 9.17) is 0 Å². The van der Waals surface area contributed by atoms with Gasteiger partial charge in [-0.3, -0.25) is 9.89 Å². The molecule has 2 aromatic heterocycles. The Kier molecular flexibility index (Phi) is 1.48. The third-order valence-electron chi connectivity index (χ3n) is 2.61. The molecule has 1 aromatic carbocycles. The van der Waals surface area contributed by atoms with E-state index in [-0.39, 0.29) is 5.56 Å². The standard InChI is InChI=1S/C11H9N3O/c1-6-9-7-4-2-3-5-8(7)12-11(15)10(9)14-13-6/h2-5H,1H3,(H,12,15)(H,13,14). The van der Waals surface area contributed by atoms with Gasteiger partial charge in [0.1, 0.15) is 0 Å². The van der Waals surface area contributed by atoms with Crippen LogP contribution in [0.2, 0.25) is 0 Å². The average Bonchev–Trinajstić information content (AvgIpc) is 2.62. The van der Waals surface area contributed by atoms with Crippen LogP contribution in [-0.4, -0.2) is 15.2 Å². The number of aromatic nitrogens is 3. The van der Waals surface area contributed by atoms with Crippen molar-refractivity contribution < 1.29 is 0 Å². The first-order chi connectivity index (χ1) is 7.27. The summed E-state index contributed by atoms with van der Waals surface area (Å²) in [6.45, 7) is 1.92. The van der Waals surface area contributed by atoms with Crippen molar-refractivity contribution in [2.45, 2.75) is 6.92 Å². The Morgan fingerprint density at radius 1 is 1.27 bits per heavy atom. The first-order valence-corrected chi connectivity index (χ1v) is 4.73. The predicted molar refractivity (Wildman–Crippen MR) is 59.0 cm³/mol. The van der Waals surface area contributed by atoms with Crippen molar-refractivity contribution in [3.8, 4) is 0 Å². The van der Waals surface area contributed by atoms with Gasteiger partial charge in [0.2, 0.25) is 0 Å². The first kappa shape index (κ1) is 8.23. The van der Waals surface area contributed by atoms with E-state index >= 15 is 0 Å². The number of hydrogen-bond donors (Lipinski definition) is 2. The van der Waals surface area contributed by atoms with Crippen LogP contribution >= 0.6 is 0 Å². The van der Waals surface area contributed by atoms with Gasteiger partial charge in [-0.2, -0.15) is 5.10 Å². The Balaban J connectivity index is 2.74. The van der Waals surface area contributed by atoms with Crippen LogP contribution in [0.4, 0.5) is 0 Å². The second kappa shape index (κ2) is 2.70. The van der Waals surface area contributed by atoms with Gasteiger partial charge in [0.05, 0.1) is 0 Å².